The Kier molecular flexibility index (Phi) is 8.78. The van der Waals surface area contributed by atoms with Crippen molar-refractivity contribution in [3.63, 3.8) is 0 Å². The summed E-state index contributed by atoms with van der Waals surface area (Å²) in [4.78, 5) is 0. The Hall–Kier alpha value is -0.0400. The van der Waals surface area contributed by atoms with Crippen LogP contribution in [0.1, 0.15) is 84.5 Å². The first-order valence-corrected chi connectivity index (χ1v) is 8.08. The Balaban J connectivity index is 1.83. The molecule has 1 N–H and O–H groups in total. The Morgan fingerprint density at radius 1 is 0.941 bits per heavy atom. The van der Waals surface area contributed by atoms with Crippen LogP contribution < -0.4 is 5.32 Å². The predicted octanol–water partition coefficient (Wildman–Crippen LogP) is 4.91. The fourth-order valence-corrected chi connectivity index (χ4v) is 3.04. The van der Waals surface area contributed by atoms with E-state index in [1.165, 1.54) is 77.2 Å². The van der Waals surface area contributed by atoms with Gasteiger partial charge in [-0.3, -0.25) is 0 Å². The largest absolute Gasteiger partial charge is 0.314 e. The minimum atomic E-state index is 0.762. The molecule has 0 spiro atoms. The van der Waals surface area contributed by atoms with Crippen LogP contribution in [-0.4, -0.2) is 12.6 Å². The van der Waals surface area contributed by atoms with E-state index in [2.05, 4.69) is 19.2 Å². The highest BCUT2D eigenvalue weighted by molar-refractivity contribution is 4.76. The third-order valence-electron chi connectivity index (χ3n) is 4.35. The minimum absolute atomic E-state index is 0.762. The van der Waals surface area contributed by atoms with Gasteiger partial charge in [0.1, 0.15) is 0 Å². The zero-order chi connectivity index (χ0) is 12.3. The van der Waals surface area contributed by atoms with E-state index in [1.54, 1.807) is 0 Å². The topological polar surface area (TPSA) is 12.0 Å². The average molecular weight is 239 g/mol. The summed E-state index contributed by atoms with van der Waals surface area (Å²) in [5, 5.41) is 3.73. The molecule has 1 saturated carbocycles. The van der Waals surface area contributed by atoms with Gasteiger partial charge in [0.05, 0.1) is 0 Å². The van der Waals surface area contributed by atoms with E-state index in [0.717, 1.165) is 12.0 Å². The van der Waals surface area contributed by atoms with Crippen molar-refractivity contribution in [2.24, 2.45) is 5.92 Å². The predicted molar refractivity (Wildman–Crippen MR) is 77.4 cm³/mol. The molecule has 0 aromatic carbocycles. The maximum absolute atomic E-state index is 3.73. The highest BCUT2D eigenvalue weighted by Crippen LogP contribution is 2.27. The molecule has 1 aliphatic rings. The number of hydrogen-bond donors (Lipinski definition) is 1. The van der Waals surface area contributed by atoms with E-state index >= 15 is 0 Å². The van der Waals surface area contributed by atoms with Crippen molar-refractivity contribution in [1.82, 2.24) is 5.32 Å². The summed E-state index contributed by atoms with van der Waals surface area (Å²) in [6.45, 7) is 5.91. The lowest BCUT2D eigenvalue weighted by Gasteiger charge is -2.20. The first kappa shape index (κ1) is 15.0. The Bertz CT molecular complexity index is 161. The molecule has 0 aromatic rings. The maximum Gasteiger partial charge on any atom is 0.00669 e. The van der Waals surface area contributed by atoms with E-state index in [0.29, 0.717) is 0 Å². The molecule has 0 amide bonds. The van der Waals surface area contributed by atoms with Gasteiger partial charge in [0.15, 0.2) is 0 Å². The highest BCUT2D eigenvalue weighted by Gasteiger charge is 2.20. The van der Waals surface area contributed by atoms with Crippen LogP contribution in [0.3, 0.4) is 0 Å². The molecule has 1 fully saturated rings. The summed E-state index contributed by atoms with van der Waals surface area (Å²) >= 11 is 0. The summed E-state index contributed by atoms with van der Waals surface area (Å²) in [5.74, 6) is 0.972. The van der Waals surface area contributed by atoms with Gasteiger partial charge in [-0.05, 0) is 38.6 Å². The molecule has 0 aliphatic heterocycles. The van der Waals surface area contributed by atoms with E-state index in [1.807, 2.05) is 0 Å². The summed E-state index contributed by atoms with van der Waals surface area (Å²) in [5.41, 5.74) is 0. The molecule has 17 heavy (non-hydrogen) atoms. The third kappa shape index (κ3) is 7.08. The SMILES string of the molecule is CCCCCCCCCNC(C)C1CCCC1. The molecule has 0 bridgehead atoms. The van der Waals surface area contributed by atoms with E-state index in [9.17, 15) is 0 Å². The molecule has 0 heterocycles. The molecule has 0 aromatic heterocycles. The molecule has 1 aliphatic carbocycles. The van der Waals surface area contributed by atoms with Crippen LogP contribution in [0.4, 0.5) is 0 Å². The van der Waals surface area contributed by atoms with Gasteiger partial charge < -0.3 is 5.32 Å². The van der Waals surface area contributed by atoms with Crippen molar-refractivity contribution in [3.05, 3.63) is 0 Å². The lowest BCUT2D eigenvalue weighted by atomic mass is 10.00. The molecule has 1 heteroatoms. The van der Waals surface area contributed by atoms with Crippen molar-refractivity contribution in [2.45, 2.75) is 90.5 Å². The molecule has 1 atom stereocenters. The maximum atomic E-state index is 3.73. The number of rotatable bonds is 10. The van der Waals surface area contributed by atoms with E-state index in [4.69, 9.17) is 0 Å². The fourth-order valence-electron chi connectivity index (χ4n) is 3.04. The second-order valence-electron chi connectivity index (χ2n) is 5.91. The molecular formula is C16H33N. The number of hydrogen-bond acceptors (Lipinski definition) is 1. The molecule has 1 unspecified atom stereocenters. The average Bonchev–Trinajstić information content (AvgIpc) is 2.86. The smallest absolute Gasteiger partial charge is 0.00669 e. The fraction of sp³-hybridized carbons (Fsp3) is 1.00. The van der Waals surface area contributed by atoms with Gasteiger partial charge in [-0.1, -0.05) is 58.3 Å². The lowest BCUT2D eigenvalue weighted by Crippen LogP contribution is -2.32. The molecule has 1 nitrogen and oxygen atoms in total. The van der Waals surface area contributed by atoms with Gasteiger partial charge in [0, 0.05) is 6.04 Å². The van der Waals surface area contributed by atoms with Gasteiger partial charge in [0.25, 0.3) is 0 Å². The zero-order valence-corrected chi connectivity index (χ0v) is 12.1. The van der Waals surface area contributed by atoms with Crippen molar-refractivity contribution in [1.29, 1.82) is 0 Å². The van der Waals surface area contributed by atoms with Crippen LogP contribution in [0.2, 0.25) is 0 Å². The van der Waals surface area contributed by atoms with Crippen LogP contribution in [0.5, 0.6) is 0 Å². The van der Waals surface area contributed by atoms with Gasteiger partial charge in [-0.2, -0.15) is 0 Å². The van der Waals surface area contributed by atoms with E-state index < -0.39 is 0 Å². The van der Waals surface area contributed by atoms with Gasteiger partial charge in [-0.15, -0.1) is 0 Å². The van der Waals surface area contributed by atoms with E-state index in [-0.39, 0.29) is 0 Å². The molecule has 0 radical (unpaired) electrons. The summed E-state index contributed by atoms with van der Waals surface area (Å²) < 4.78 is 0. The first-order valence-electron chi connectivity index (χ1n) is 8.08. The van der Waals surface area contributed by atoms with Crippen LogP contribution in [0, 0.1) is 5.92 Å². The Morgan fingerprint density at radius 3 is 2.18 bits per heavy atom. The summed E-state index contributed by atoms with van der Waals surface area (Å²) in [6.07, 6.45) is 15.8. The lowest BCUT2D eigenvalue weighted by molar-refractivity contribution is 0.377. The van der Waals surface area contributed by atoms with Crippen molar-refractivity contribution < 1.29 is 0 Å². The van der Waals surface area contributed by atoms with Crippen LogP contribution in [-0.2, 0) is 0 Å². The first-order chi connectivity index (χ1) is 8.34. The summed E-state index contributed by atoms with van der Waals surface area (Å²) in [7, 11) is 0. The minimum Gasteiger partial charge on any atom is -0.314 e. The van der Waals surface area contributed by atoms with Gasteiger partial charge >= 0.3 is 0 Å². The second-order valence-corrected chi connectivity index (χ2v) is 5.91. The molecular weight excluding hydrogens is 206 g/mol. The Morgan fingerprint density at radius 2 is 1.53 bits per heavy atom. The highest BCUT2D eigenvalue weighted by atomic mass is 14.9. The van der Waals surface area contributed by atoms with Crippen LogP contribution in [0.25, 0.3) is 0 Å². The van der Waals surface area contributed by atoms with Crippen molar-refractivity contribution in [2.75, 3.05) is 6.54 Å². The Labute approximate surface area is 109 Å². The molecule has 102 valence electrons. The van der Waals surface area contributed by atoms with Crippen LogP contribution in [0.15, 0.2) is 0 Å². The number of nitrogens with one attached hydrogen (secondary N) is 1. The quantitative estimate of drug-likeness (QED) is 0.534. The number of unbranched alkanes of at least 4 members (excludes halogenated alkanes) is 6. The standard InChI is InChI=1S/C16H33N/c1-3-4-5-6-7-8-11-14-17-15(2)16-12-9-10-13-16/h15-17H,3-14H2,1-2H3. The van der Waals surface area contributed by atoms with Crippen molar-refractivity contribution >= 4 is 0 Å². The van der Waals surface area contributed by atoms with Gasteiger partial charge in [0.2, 0.25) is 0 Å². The zero-order valence-electron chi connectivity index (χ0n) is 12.1. The van der Waals surface area contributed by atoms with Gasteiger partial charge in [-0.25, -0.2) is 0 Å². The van der Waals surface area contributed by atoms with Crippen molar-refractivity contribution in [3.8, 4) is 0 Å². The normalized spacial score (nSPS) is 18.7. The molecule has 0 saturated heterocycles. The second kappa shape index (κ2) is 9.94. The molecule has 1 rings (SSSR count). The summed E-state index contributed by atoms with van der Waals surface area (Å²) in [6, 6.07) is 0.762. The third-order valence-corrected chi connectivity index (χ3v) is 4.35. The monoisotopic (exact) mass is 239 g/mol. The van der Waals surface area contributed by atoms with Crippen LogP contribution >= 0.6 is 0 Å².